The van der Waals surface area contributed by atoms with E-state index in [-0.39, 0.29) is 12.3 Å². The normalized spacial score (nSPS) is 18.1. The summed E-state index contributed by atoms with van der Waals surface area (Å²) in [6.45, 7) is 1.09. The molecule has 0 radical (unpaired) electrons. The van der Waals surface area contributed by atoms with Crippen LogP contribution in [0.25, 0.3) is 0 Å². The van der Waals surface area contributed by atoms with Gasteiger partial charge in [0.25, 0.3) is 0 Å². The summed E-state index contributed by atoms with van der Waals surface area (Å²) >= 11 is 0. The van der Waals surface area contributed by atoms with Crippen molar-refractivity contribution in [3.8, 4) is 0 Å². The molecule has 0 atom stereocenters. The van der Waals surface area contributed by atoms with E-state index in [0.29, 0.717) is 31.7 Å². The quantitative estimate of drug-likeness (QED) is 0.792. The molecular weight excluding hydrogens is 269 g/mol. The molecule has 1 aromatic rings. The first kappa shape index (κ1) is 15.0. The van der Waals surface area contributed by atoms with Crippen molar-refractivity contribution in [2.75, 3.05) is 39.3 Å². The third-order valence-electron chi connectivity index (χ3n) is 3.33. The van der Waals surface area contributed by atoms with E-state index in [0.717, 1.165) is 0 Å². The number of piperazine rings is 1. The van der Waals surface area contributed by atoms with Crippen LogP contribution in [0, 0.1) is 0 Å². The summed E-state index contributed by atoms with van der Waals surface area (Å²) in [5.74, 6) is 0.00914. The predicted octanol–water partition coefficient (Wildman–Crippen LogP) is 2.05. The maximum Gasteiger partial charge on any atom is 0.401 e. The lowest BCUT2D eigenvalue weighted by Crippen LogP contribution is -2.50. The molecule has 1 saturated heterocycles. The van der Waals surface area contributed by atoms with Crippen molar-refractivity contribution in [2.45, 2.75) is 6.18 Å². The van der Waals surface area contributed by atoms with Gasteiger partial charge >= 0.3 is 6.18 Å². The maximum absolute atomic E-state index is 12.3. The molecule has 0 aliphatic carbocycles. The molecule has 0 amide bonds. The number of hydrogen-bond donors (Lipinski definition) is 0. The Balaban J connectivity index is 1.79. The molecule has 0 spiro atoms. The Morgan fingerprint density at radius 2 is 1.55 bits per heavy atom. The minimum atomic E-state index is -4.15. The highest BCUT2D eigenvalue weighted by atomic mass is 19.4. The minimum Gasteiger partial charge on any atom is -0.293 e. The summed E-state index contributed by atoms with van der Waals surface area (Å²) in [5.41, 5.74) is 0.644. The summed E-state index contributed by atoms with van der Waals surface area (Å²) in [5, 5.41) is 0. The Morgan fingerprint density at radius 3 is 2.10 bits per heavy atom. The molecule has 1 fully saturated rings. The van der Waals surface area contributed by atoms with Crippen LogP contribution >= 0.6 is 0 Å². The van der Waals surface area contributed by atoms with E-state index in [1.54, 1.807) is 24.3 Å². The van der Waals surface area contributed by atoms with E-state index in [1.807, 2.05) is 11.0 Å². The highest BCUT2D eigenvalue weighted by molar-refractivity contribution is 5.97. The van der Waals surface area contributed by atoms with Gasteiger partial charge < -0.3 is 0 Å². The summed E-state index contributed by atoms with van der Waals surface area (Å²) in [4.78, 5) is 15.3. The number of ketones is 1. The zero-order chi connectivity index (χ0) is 14.6. The van der Waals surface area contributed by atoms with E-state index < -0.39 is 12.7 Å². The lowest BCUT2D eigenvalue weighted by atomic mass is 10.1. The van der Waals surface area contributed by atoms with Crippen LogP contribution in [-0.4, -0.2) is 61.0 Å². The fraction of sp³-hybridized carbons (Fsp3) is 0.500. The molecule has 6 heteroatoms. The minimum absolute atomic E-state index is 0.00914. The monoisotopic (exact) mass is 286 g/mol. The predicted molar refractivity (Wildman–Crippen MR) is 69.7 cm³/mol. The van der Waals surface area contributed by atoms with Gasteiger partial charge in [0.05, 0.1) is 13.1 Å². The molecule has 3 nitrogen and oxygen atoms in total. The number of carbonyl (C=O) groups is 1. The number of halogens is 3. The molecule has 1 heterocycles. The second-order valence-electron chi connectivity index (χ2n) is 4.96. The van der Waals surface area contributed by atoms with Gasteiger partial charge in [-0.1, -0.05) is 30.3 Å². The van der Waals surface area contributed by atoms with Crippen LogP contribution in [0.2, 0.25) is 0 Å². The summed E-state index contributed by atoms with van der Waals surface area (Å²) < 4.78 is 36.8. The van der Waals surface area contributed by atoms with Crippen LogP contribution in [-0.2, 0) is 0 Å². The maximum atomic E-state index is 12.3. The van der Waals surface area contributed by atoms with Crippen molar-refractivity contribution in [1.29, 1.82) is 0 Å². The topological polar surface area (TPSA) is 23.6 Å². The molecule has 110 valence electrons. The van der Waals surface area contributed by atoms with Gasteiger partial charge in [0, 0.05) is 31.7 Å². The number of alkyl halides is 3. The second-order valence-corrected chi connectivity index (χ2v) is 4.96. The van der Waals surface area contributed by atoms with Gasteiger partial charge in [-0.3, -0.25) is 14.6 Å². The molecule has 0 saturated carbocycles. The third kappa shape index (κ3) is 4.61. The van der Waals surface area contributed by atoms with E-state index >= 15 is 0 Å². The zero-order valence-corrected chi connectivity index (χ0v) is 11.1. The number of carbonyl (C=O) groups excluding carboxylic acids is 1. The molecule has 2 rings (SSSR count). The van der Waals surface area contributed by atoms with E-state index in [2.05, 4.69) is 0 Å². The Hall–Kier alpha value is -1.40. The van der Waals surface area contributed by atoms with Gasteiger partial charge in [-0.05, 0) is 0 Å². The number of hydrogen-bond acceptors (Lipinski definition) is 3. The van der Waals surface area contributed by atoms with E-state index in [4.69, 9.17) is 0 Å². The standard InChI is InChI=1S/C14H17F3N2O/c15-14(16,17)11-19-8-6-18(7-9-19)10-13(20)12-4-2-1-3-5-12/h1-5H,6-11H2. The molecule has 0 aromatic heterocycles. The average Bonchev–Trinajstić information content (AvgIpc) is 2.40. The number of rotatable bonds is 4. The number of Topliss-reactive ketones (excluding diaryl/α,β-unsaturated/α-hetero) is 1. The van der Waals surface area contributed by atoms with Crippen molar-refractivity contribution in [1.82, 2.24) is 9.80 Å². The van der Waals surface area contributed by atoms with Gasteiger partial charge in [0.15, 0.2) is 5.78 Å². The van der Waals surface area contributed by atoms with E-state index in [9.17, 15) is 18.0 Å². The van der Waals surface area contributed by atoms with Crippen LogP contribution in [0.4, 0.5) is 13.2 Å². The summed E-state index contributed by atoms with van der Waals surface area (Å²) in [7, 11) is 0. The van der Waals surface area contributed by atoms with Crippen LogP contribution in [0.3, 0.4) is 0 Å². The molecule has 0 unspecified atom stereocenters. The first-order valence-electron chi connectivity index (χ1n) is 6.54. The molecule has 20 heavy (non-hydrogen) atoms. The third-order valence-corrected chi connectivity index (χ3v) is 3.33. The summed E-state index contributed by atoms with van der Waals surface area (Å²) in [6, 6.07) is 8.94. The Bertz CT molecular complexity index is 439. The molecule has 1 aliphatic rings. The molecule has 0 bridgehead atoms. The van der Waals surface area contributed by atoms with Gasteiger partial charge in [-0.2, -0.15) is 13.2 Å². The van der Waals surface area contributed by atoms with Crippen molar-refractivity contribution in [3.05, 3.63) is 35.9 Å². The Labute approximate surface area is 116 Å². The van der Waals surface area contributed by atoms with Gasteiger partial charge in [-0.25, -0.2) is 0 Å². The number of benzene rings is 1. The van der Waals surface area contributed by atoms with Crippen LogP contribution < -0.4 is 0 Å². The van der Waals surface area contributed by atoms with Crippen LogP contribution in [0.1, 0.15) is 10.4 Å². The Morgan fingerprint density at radius 1 is 1.00 bits per heavy atom. The molecule has 1 aromatic carbocycles. The smallest absolute Gasteiger partial charge is 0.293 e. The average molecular weight is 286 g/mol. The van der Waals surface area contributed by atoms with Crippen molar-refractivity contribution < 1.29 is 18.0 Å². The molecule has 0 N–H and O–H groups in total. The molecule has 1 aliphatic heterocycles. The van der Waals surface area contributed by atoms with Crippen LogP contribution in [0.15, 0.2) is 30.3 Å². The van der Waals surface area contributed by atoms with Gasteiger partial charge in [-0.15, -0.1) is 0 Å². The van der Waals surface area contributed by atoms with Gasteiger partial charge in [0.2, 0.25) is 0 Å². The SMILES string of the molecule is O=C(CN1CCN(CC(F)(F)F)CC1)c1ccccc1. The summed E-state index contributed by atoms with van der Waals surface area (Å²) in [6.07, 6.45) is -4.15. The highest BCUT2D eigenvalue weighted by Gasteiger charge is 2.32. The number of nitrogens with zero attached hydrogens (tertiary/aromatic N) is 2. The zero-order valence-electron chi connectivity index (χ0n) is 11.1. The van der Waals surface area contributed by atoms with Crippen LogP contribution in [0.5, 0.6) is 0 Å². The lowest BCUT2D eigenvalue weighted by molar-refractivity contribution is -0.149. The largest absolute Gasteiger partial charge is 0.401 e. The van der Waals surface area contributed by atoms with Gasteiger partial charge in [0.1, 0.15) is 0 Å². The Kier molecular flexibility index (Phi) is 4.77. The molecular formula is C14H17F3N2O. The fourth-order valence-corrected chi connectivity index (χ4v) is 2.28. The lowest BCUT2D eigenvalue weighted by Gasteiger charge is -2.34. The van der Waals surface area contributed by atoms with Crippen molar-refractivity contribution >= 4 is 5.78 Å². The first-order valence-corrected chi connectivity index (χ1v) is 6.54. The first-order chi connectivity index (χ1) is 9.44. The van der Waals surface area contributed by atoms with Crippen molar-refractivity contribution in [3.63, 3.8) is 0 Å². The highest BCUT2D eigenvalue weighted by Crippen LogP contribution is 2.17. The van der Waals surface area contributed by atoms with Crippen molar-refractivity contribution in [2.24, 2.45) is 0 Å². The van der Waals surface area contributed by atoms with E-state index in [1.165, 1.54) is 4.90 Å². The second kappa shape index (κ2) is 6.37. The fourth-order valence-electron chi connectivity index (χ4n) is 2.28.